The van der Waals surface area contributed by atoms with Gasteiger partial charge in [-0.15, -0.1) is 0 Å². The molecule has 1 atom stereocenters. The van der Waals surface area contributed by atoms with Gasteiger partial charge in [-0.05, 0) is 47.5 Å². The normalized spacial score (nSPS) is 17.9. The Bertz CT molecular complexity index is 1230. The van der Waals surface area contributed by atoms with Crippen LogP contribution < -0.4 is 20.1 Å². The SMILES string of the molecule is COc1ccc(C2(C)NC(=O)N(CC(=O)Nc3ccc4ccccc4c3)C2=O)cc1OC. The van der Waals surface area contributed by atoms with Crippen molar-refractivity contribution in [3.63, 3.8) is 0 Å². The highest BCUT2D eigenvalue weighted by Crippen LogP contribution is 2.35. The number of ether oxygens (including phenoxy) is 2. The van der Waals surface area contributed by atoms with Gasteiger partial charge in [-0.1, -0.05) is 36.4 Å². The van der Waals surface area contributed by atoms with Crippen LogP contribution >= 0.6 is 0 Å². The molecule has 3 aromatic rings. The number of nitrogens with one attached hydrogen (secondary N) is 2. The molecule has 0 aromatic heterocycles. The first-order valence-electron chi connectivity index (χ1n) is 10.0. The van der Waals surface area contributed by atoms with Gasteiger partial charge in [0.15, 0.2) is 11.5 Å². The van der Waals surface area contributed by atoms with Crippen molar-refractivity contribution in [2.24, 2.45) is 0 Å². The van der Waals surface area contributed by atoms with Crippen molar-refractivity contribution in [1.29, 1.82) is 0 Å². The van der Waals surface area contributed by atoms with Crippen LogP contribution in [-0.4, -0.2) is 43.5 Å². The summed E-state index contributed by atoms with van der Waals surface area (Å²) in [6, 6.07) is 17.6. The Balaban J connectivity index is 1.51. The summed E-state index contributed by atoms with van der Waals surface area (Å²) in [6.45, 7) is 1.19. The third-order valence-corrected chi connectivity index (χ3v) is 5.57. The fourth-order valence-electron chi connectivity index (χ4n) is 3.79. The van der Waals surface area contributed by atoms with Crippen molar-refractivity contribution in [1.82, 2.24) is 10.2 Å². The van der Waals surface area contributed by atoms with Gasteiger partial charge in [0, 0.05) is 5.69 Å². The molecule has 4 amide bonds. The fourth-order valence-corrected chi connectivity index (χ4v) is 3.79. The number of hydrogen-bond donors (Lipinski definition) is 2. The molecule has 0 radical (unpaired) electrons. The van der Waals surface area contributed by atoms with Crippen LogP contribution in [0.25, 0.3) is 10.8 Å². The van der Waals surface area contributed by atoms with E-state index in [1.54, 1.807) is 31.2 Å². The molecule has 164 valence electrons. The van der Waals surface area contributed by atoms with Crippen molar-refractivity contribution >= 4 is 34.3 Å². The first-order valence-corrected chi connectivity index (χ1v) is 10.0. The van der Waals surface area contributed by atoms with Gasteiger partial charge in [-0.25, -0.2) is 4.79 Å². The van der Waals surface area contributed by atoms with Crippen LogP contribution in [0.5, 0.6) is 11.5 Å². The molecular formula is C24H23N3O5. The smallest absolute Gasteiger partial charge is 0.325 e. The summed E-state index contributed by atoms with van der Waals surface area (Å²) < 4.78 is 10.5. The Morgan fingerprint density at radius 1 is 0.969 bits per heavy atom. The number of amides is 4. The van der Waals surface area contributed by atoms with E-state index >= 15 is 0 Å². The maximum atomic E-state index is 13.1. The van der Waals surface area contributed by atoms with Crippen molar-refractivity contribution in [2.75, 3.05) is 26.1 Å². The van der Waals surface area contributed by atoms with E-state index in [2.05, 4.69) is 10.6 Å². The zero-order chi connectivity index (χ0) is 22.9. The zero-order valence-electron chi connectivity index (χ0n) is 18.0. The van der Waals surface area contributed by atoms with Crippen molar-refractivity contribution in [3.05, 3.63) is 66.2 Å². The van der Waals surface area contributed by atoms with Gasteiger partial charge in [-0.2, -0.15) is 0 Å². The van der Waals surface area contributed by atoms with E-state index in [1.807, 2.05) is 36.4 Å². The molecule has 1 unspecified atom stereocenters. The summed E-state index contributed by atoms with van der Waals surface area (Å²) in [5.41, 5.74) is -0.228. The van der Waals surface area contributed by atoms with Crippen LogP contribution in [0, 0.1) is 0 Å². The standard InChI is InChI=1S/C24H23N3O5/c1-24(17-9-11-19(31-2)20(13-17)32-3)22(29)27(23(30)26-24)14-21(28)25-18-10-8-15-6-4-5-7-16(15)12-18/h4-13H,14H2,1-3H3,(H,25,28)(H,26,30). The largest absolute Gasteiger partial charge is 0.493 e. The second-order valence-electron chi connectivity index (χ2n) is 7.63. The van der Waals surface area contributed by atoms with Crippen molar-refractivity contribution in [2.45, 2.75) is 12.5 Å². The zero-order valence-corrected chi connectivity index (χ0v) is 18.0. The molecule has 32 heavy (non-hydrogen) atoms. The van der Waals surface area contributed by atoms with Crippen LogP contribution in [0.3, 0.4) is 0 Å². The van der Waals surface area contributed by atoms with Crippen LogP contribution in [0.1, 0.15) is 12.5 Å². The molecule has 1 heterocycles. The van der Waals surface area contributed by atoms with Gasteiger partial charge in [0.1, 0.15) is 12.1 Å². The van der Waals surface area contributed by atoms with E-state index in [0.717, 1.165) is 15.7 Å². The Labute approximate surface area is 185 Å². The Morgan fingerprint density at radius 3 is 2.41 bits per heavy atom. The molecule has 4 rings (SSSR count). The number of urea groups is 1. The lowest BCUT2D eigenvalue weighted by molar-refractivity contribution is -0.133. The minimum Gasteiger partial charge on any atom is -0.493 e. The third kappa shape index (κ3) is 3.71. The van der Waals surface area contributed by atoms with E-state index in [-0.39, 0.29) is 0 Å². The number of anilines is 1. The second kappa shape index (κ2) is 8.22. The molecule has 0 bridgehead atoms. The van der Waals surface area contributed by atoms with E-state index in [4.69, 9.17) is 9.47 Å². The Morgan fingerprint density at radius 2 is 1.69 bits per heavy atom. The fraction of sp³-hybridized carbons (Fsp3) is 0.208. The summed E-state index contributed by atoms with van der Waals surface area (Å²) in [6.07, 6.45) is 0. The predicted octanol–water partition coefficient (Wildman–Crippen LogP) is 3.26. The van der Waals surface area contributed by atoms with E-state index in [1.165, 1.54) is 14.2 Å². The monoisotopic (exact) mass is 433 g/mol. The van der Waals surface area contributed by atoms with Crippen LogP contribution in [0.15, 0.2) is 60.7 Å². The quantitative estimate of drug-likeness (QED) is 0.582. The first-order chi connectivity index (χ1) is 15.4. The highest BCUT2D eigenvalue weighted by molar-refractivity contribution is 6.10. The molecule has 2 N–H and O–H groups in total. The van der Waals surface area contributed by atoms with E-state index in [0.29, 0.717) is 22.7 Å². The number of methoxy groups -OCH3 is 2. The first kappa shape index (κ1) is 21.2. The molecular weight excluding hydrogens is 410 g/mol. The molecule has 1 aliphatic heterocycles. The lowest BCUT2D eigenvalue weighted by Crippen LogP contribution is -2.42. The van der Waals surface area contributed by atoms with Gasteiger partial charge in [0.05, 0.1) is 14.2 Å². The van der Waals surface area contributed by atoms with E-state index < -0.39 is 29.9 Å². The average Bonchev–Trinajstić information content (AvgIpc) is 3.02. The summed E-state index contributed by atoms with van der Waals surface area (Å²) in [5, 5.41) is 7.46. The number of carbonyl (C=O) groups excluding carboxylic acids is 3. The van der Waals surface area contributed by atoms with Crippen LogP contribution in [0.4, 0.5) is 10.5 Å². The second-order valence-corrected chi connectivity index (χ2v) is 7.63. The van der Waals surface area contributed by atoms with Crippen molar-refractivity contribution in [3.8, 4) is 11.5 Å². The third-order valence-electron chi connectivity index (χ3n) is 5.57. The van der Waals surface area contributed by atoms with Gasteiger partial charge in [0.25, 0.3) is 5.91 Å². The number of carbonyl (C=O) groups is 3. The van der Waals surface area contributed by atoms with Crippen LogP contribution in [-0.2, 0) is 15.1 Å². The minimum atomic E-state index is -1.33. The van der Waals surface area contributed by atoms with Gasteiger partial charge >= 0.3 is 6.03 Å². The highest BCUT2D eigenvalue weighted by atomic mass is 16.5. The number of hydrogen-bond acceptors (Lipinski definition) is 5. The molecule has 1 aliphatic rings. The molecule has 3 aromatic carbocycles. The van der Waals surface area contributed by atoms with Crippen molar-refractivity contribution < 1.29 is 23.9 Å². The van der Waals surface area contributed by atoms with Gasteiger partial charge in [-0.3, -0.25) is 14.5 Å². The molecule has 0 spiro atoms. The minimum absolute atomic E-state index is 0.402. The maximum absolute atomic E-state index is 13.1. The number of benzene rings is 3. The molecule has 0 saturated carbocycles. The highest BCUT2D eigenvalue weighted by Gasteiger charge is 2.49. The lowest BCUT2D eigenvalue weighted by atomic mass is 9.91. The molecule has 8 nitrogen and oxygen atoms in total. The predicted molar refractivity (Wildman–Crippen MR) is 120 cm³/mol. The number of nitrogens with zero attached hydrogens (tertiary/aromatic N) is 1. The Kier molecular flexibility index (Phi) is 5.44. The van der Waals surface area contributed by atoms with E-state index in [9.17, 15) is 14.4 Å². The molecule has 0 aliphatic carbocycles. The van der Waals surface area contributed by atoms with Gasteiger partial charge in [0.2, 0.25) is 5.91 Å². The Hall–Kier alpha value is -4.07. The maximum Gasteiger partial charge on any atom is 0.325 e. The lowest BCUT2D eigenvalue weighted by Gasteiger charge is -2.23. The molecule has 1 fully saturated rings. The topological polar surface area (TPSA) is 97.0 Å². The summed E-state index contributed by atoms with van der Waals surface area (Å²) in [5.74, 6) is -0.0623. The number of rotatable bonds is 6. The summed E-state index contributed by atoms with van der Waals surface area (Å²) >= 11 is 0. The van der Waals surface area contributed by atoms with Crippen LogP contribution in [0.2, 0.25) is 0 Å². The number of fused-ring (bicyclic) bond motifs is 1. The average molecular weight is 433 g/mol. The molecule has 1 saturated heterocycles. The molecule has 8 heteroatoms. The summed E-state index contributed by atoms with van der Waals surface area (Å²) in [7, 11) is 3.00. The summed E-state index contributed by atoms with van der Waals surface area (Å²) in [4.78, 5) is 39.2. The number of imide groups is 1. The van der Waals surface area contributed by atoms with Gasteiger partial charge < -0.3 is 20.1 Å².